The molecule has 6 heteroatoms. The Kier molecular flexibility index (Phi) is 3.35. The standard InChI is InChI=1S/C15H13FN4O/c1-17-15-14-12(18-5-6-19-14)8-11(20-15)9-3-4-13(21-2)10(16)7-9/h3-8H,1-2H3,(H,17,20). The average molecular weight is 284 g/mol. The Morgan fingerprint density at radius 2 is 1.95 bits per heavy atom. The highest BCUT2D eigenvalue weighted by Crippen LogP contribution is 2.28. The maximum absolute atomic E-state index is 13.8. The van der Waals surface area contributed by atoms with E-state index in [4.69, 9.17) is 4.74 Å². The molecule has 0 aliphatic heterocycles. The average Bonchev–Trinajstić information content (AvgIpc) is 2.53. The Bertz CT molecular complexity index is 807. The number of hydrogen-bond donors (Lipinski definition) is 1. The topological polar surface area (TPSA) is 59.9 Å². The van der Waals surface area contributed by atoms with E-state index in [2.05, 4.69) is 20.3 Å². The van der Waals surface area contributed by atoms with Crippen molar-refractivity contribution in [2.45, 2.75) is 0 Å². The summed E-state index contributed by atoms with van der Waals surface area (Å²) in [5.74, 6) is 0.377. The quantitative estimate of drug-likeness (QED) is 0.801. The van der Waals surface area contributed by atoms with Crippen LogP contribution in [0.3, 0.4) is 0 Å². The molecule has 5 nitrogen and oxygen atoms in total. The van der Waals surface area contributed by atoms with Crippen LogP contribution in [0, 0.1) is 5.82 Å². The minimum atomic E-state index is -0.429. The van der Waals surface area contributed by atoms with Crippen LogP contribution in [0.15, 0.2) is 36.7 Å². The SMILES string of the molecule is CNc1nc(-c2ccc(OC)c(F)c2)cc2nccnc12. The first-order chi connectivity index (χ1) is 10.2. The van der Waals surface area contributed by atoms with Gasteiger partial charge in [0.25, 0.3) is 0 Å². The zero-order chi connectivity index (χ0) is 14.8. The number of benzene rings is 1. The summed E-state index contributed by atoms with van der Waals surface area (Å²) in [6.45, 7) is 0. The molecule has 1 N–H and O–H groups in total. The summed E-state index contributed by atoms with van der Waals surface area (Å²) in [5, 5.41) is 2.99. The summed E-state index contributed by atoms with van der Waals surface area (Å²) in [5.41, 5.74) is 2.65. The van der Waals surface area contributed by atoms with E-state index in [1.165, 1.54) is 13.2 Å². The van der Waals surface area contributed by atoms with Gasteiger partial charge in [-0.3, -0.25) is 4.98 Å². The van der Waals surface area contributed by atoms with E-state index in [9.17, 15) is 4.39 Å². The molecule has 0 amide bonds. The van der Waals surface area contributed by atoms with Crippen LogP contribution in [0.5, 0.6) is 5.75 Å². The number of rotatable bonds is 3. The zero-order valence-corrected chi connectivity index (χ0v) is 11.6. The third-order valence-corrected chi connectivity index (χ3v) is 3.14. The van der Waals surface area contributed by atoms with Crippen molar-refractivity contribution in [3.63, 3.8) is 0 Å². The highest BCUT2D eigenvalue weighted by Gasteiger charge is 2.11. The minimum absolute atomic E-state index is 0.202. The maximum Gasteiger partial charge on any atom is 0.165 e. The molecular formula is C15H13FN4O. The largest absolute Gasteiger partial charge is 0.494 e. The lowest BCUT2D eigenvalue weighted by Crippen LogP contribution is -1.98. The number of methoxy groups -OCH3 is 1. The van der Waals surface area contributed by atoms with Crippen LogP contribution in [0.1, 0.15) is 0 Å². The lowest BCUT2D eigenvalue weighted by molar-refractivity contribution is 0.386. The lowest BCUT2D eigenvalue weighted by atomic mass is 10.1. The van der Waals surface area contributed by atoms with Crippen molar-refractivity contribution in [2.75, 3.05) is 19.5 Å². The fourth-order valence-electron chi connectivity index (χ4n) is 2.12. The molecule has 106 valence electrons. The van der Waals surface area contributed by atoms with Crippen LogP contribution in [-0.2, 0) is 0 Å². The van der Waals surface area contributed by atoms with Crippen molar-refractivity contribution < 1.29 is 9.13 Å². The normalized spacial score (nSPS) is 10.6. The molecule has 1 aromatic carbocycles. The third kappa shape index (κ3) is 2.35. The highest BCUT2D eigenvalue weighted by molar-refractivity contribution is 5.88. The second kappa shape index (κ2) is 5.32. The first-order valence-electron chi connectivity index (χ1n) is 6.36. The van der Waals surface area contributed by atoms with Gasteiger partial charge in [0.2, 0.25) is 0 Å². The number of fused-ring (bicyclic) bond motifs is 1. The molecule has 0 bridgehead atoms. The predicted molar refractivity (Wildman–Crippen MR) is 78.8 cm³/mol. The van der Waals surface area contributed by atoms with Crippen LogP contribution >= 0.6 is 0 Å². The van der Waals surface area contributed by atoms with Crippen molar-refractivity contribution in [2.24, 2.45) is 0 Å². The van der Waals surface area contributed by atoms with Gasteiger partial charge in [-0.05, 0) is 24.3 Å². The van der Waals surface area contributed by atoms with Crippen LogP contribution in [0.2, 0.25) is 0 Å². The molecule has 2 heterocycles. The van der Waals surface area contributed by atoms with Crippen LogP contribution in [-0.4, -0.2) is 29.1 Å². The van der Waals surface area contributed by atoms with Gasteiger partial charge in [-0.2, -0.15) is 0 Å². The summed E-state index contributed by atoms with van der Waals surface area (Å²) in [4.78, 5) is 13.0. The molecule has 3 rings (SSSR count). The molecule has 2 aromatic heterocycles. The summed E-state index contributed by atoms with van der Waals surface area (Å²) in [6.07, 6.45) is 3.22. The Morgan fingerprint density at radius 1 is 1.14 bits per heavy atom. The van der Waals surface area contributed by atoms with Gasteiger partial charge < -0.3 is 10.1 Å². The van der Waals surface area contributed by atoms with E-state index in [0.717, 1.165) is 0 Å². The third-order valence-electron chi connectivity index (χ3n) is 3.14. The van der Waals surface area contributed by atoms with E-state index in [-0.39, 0.29) is 5.75 Å². The van der Waals surface area contributed by atoms with Crippen LogP contribution in [0.4, 0.5) is 10.2 Å². The number of pyridine rings is 1. The molecule has 3 aromatic rings. The van der Waals surface area contributed by atoms with Gasteiger partial charge in [0.1, 0.15) is 5.52 Å². The van der Waals surface area contributed by atoms with Gasteiger partial charge >= 0.3 is 0 Å². The van der Waals surface area contributed by atoms with Crippen LogP contribution in [0.25, 0.3) is 22.3 Å². The zero-order valence-electron chi connectivity index (χ0n) is 11.6. The van der Waals surface area contributed by atoms with Gasteiger partial charge in [-0.25, -0.2) is 14.4 Å². The Labute approximate surface area is 120 Å². The van der Waals surface area contributed by atoms with Crippen molar-refractivity contribution in [1.82, 2.24) is 15.0 Å². The van der Waals surface area contributed by atoms with Gasteiger partial charge in [0, 0.05) is 25.0 Å². The summed E-state index contributed by atoms with van der Waals surface area (Å²) in [7, 11) is 3.19. The van der Waals surface area contributed by atoms with Gasteiger partial charge in [-0.1, -0.05) is 0 Å². The molecule has 0 radical (unpaired) electrons. The monoisotopic (exact) mass is 284 g/mol. The molecular weight excluding hydrogens is 271 g/mol. The molecule has 0 unspecified atom stereocenters. The van der Waals surface area contributed by atoms with Gasteiger partial charge in [0.15, 0.2) is 17.4 Å². The van der Waals surface area contributed by atoms with E-state index in [1.54, 1.807) is 37.6 Å². The van der Waals surface area contributed by atoms with E-state index < -0.39 is 5.82 Å². The van der Waals surface area contributed by atoms with E-state index >= 15 is 0 Å². The van der Waals surface area contributed by atoms with E-state index in [0.29, 0.717) is 28.1 Å². The molecule has 21 heavy (non-hydrogen) atoms. The fraction of sp³-hybridized carbons (Fsp3) is 0.133. The second-order valence-corrected chi connectivity index (χ2v) is 4.38. The van der Waals surface area contributed by atoms with Crippen LogP contribution < -0.4 is 10.1 Å². The van der Waals surface area contributed by atoms with E-state index in [1.807, 2.05) is 0 Å². The Balaban J connectivity index is 2.18. The van der Waals surface area contributed by atoms with Crippen molar-refractivity contribution in [1.29, 1.82) is 0 Å². The first-order valence-corrected chi connectivity index (χ1v) is 6.36. The lowest BCUT2D eigenvalue weighted by Gasteiger charge is -2.09. The number of halogens is 1. The predicted octanol–water partition coefficient (Wildman–Crippen LogP) is 2.88. The molecule has 0 spiro atoms. The highest BCUT2D eigenvalue weighted by atomic mass is 19.1. The fourth-order valence-corrected chi connectivity index (χ4v) is 2.12. The first kappa shape index (κ1) is 13.2. The van der Waals surface area contributed by atoms with Crippen molar-refractivity contribution in [3.05, 3.63) is 42.5 Å². The number of hydrogen-bond acceptors (Lipinski definition) is 5. The number of anilines is 1. The Hall–Kier alpha value is -2.76. The van der Waals surface area contributed by atoms with Gasteiger partial charge in [-0.15, -0.1) is 0 Å². The number of aromatic nitrogens is 3. The van der Waals surface area contributed by atoms with Crippen molar-refractivity contribution in [3.8, 4) is 17.0 Å². The maximum atomic E-state index is 13.8. The van der Waals surface area contributed by atoms with Crippen molar-refractivity contribution >= 4 is 16.9 Å². The molecule has 0 aliphatic rings. The number of nitrogens with one attached hydrogen (secondary N) is 1. The molecule has 0 atom stereocenters. The molecule has 0 saturated heterocycles. The number of ether oxygens (including phenoxy) is 1. The molecule has 0 aliphatic carbocycles. The Morgan fingerprint density at radius 3 is 2.67 bits per heavy atom. The molecule has 0 fully saturated rings. The minimum Gasteiger partial charge on any atom is -0.494 e. The summed E-state index contributed by atoms with van der Waals surface area (Å²) >= 11 is 0. The summed E-state index contributed by atoms with van der Waals surface area (Å²) in [6, 6.07) is 6.51. The summed E-state index contributed by atoms with van der Waals surface area (Å²) < 4.78 is 18.8. The smallest absolute Gasteiger partial charge is 0.165 e. The molecule has 0 saturated carbocycles. The second-order valence-electron chi connectivity index (χ2n) is 4.38. The van der Waals surface area contributed by atoms with Gasteiger partial charge in [0.05, 0.1) is 18.3 Å². The number of nitrogens with zero attached hydrogens (tertiary/aromatic N) is 3.